The number of carbonyl (C=O) groups excluding carboxylic acids is 1. The van der Waals surface area contributed by atoms with Crippen LogP contribution in [0.15, 0.2) is 6.33 Å². The molecule has 0 aliphatic rings. The molecule has 0 aromatic carbocycles. The van der Waals surface area contributed by atoms with Crippen LogP contribution in [0.2, 0.25) is 0 Å². The van der Waals surface area contributed by atoms with Crippen molar-refractivity contribution in [3.05, 3.63) is 12.2 Å². The van der Waals surface area contributed by atoms with Gasteiger partial charge in [0.1, 0.15) is 18.7 Å². The van der Waals surface area contributed by atoms with Gasteiger partial charge in [0.25, 0.3) is 0 Å². The van der Waals surface area contributed by atoms with Crippen molar-refractivity contribution in [1.82, 2.24) is 25.4 Å². The zero-order valence-electron chi connectivity index (χ0n) is 10.6. The second kappa shape index (κ2) is 8.03. The normalized spacial score (nSPS) is 10.2. The van der Waals surface area contributed by atoms with Crippen molar-refractivity contribution in [3.8, 4) is 0 Å². The number of H-pyrrole nitrogens is 1. The highest BCUT2D eigenvalue weighted by Crippen LogP contribution is 1.92. The van der Waals surface area contributed by atoms with Crippen molar-refractivity contribution < 1.29 is 19.4 Å². The molecule has 9 heteroatoms. The fourth-order valence-electron chi connectivity index (χ4n) is 1.37. The molecule has 0 unspecified atom stereocenters. The molecule has 0 aliphatic carbocycles. The maximum atomic E-state index is 11.8. The molecule has 0 bridgehead atoms. The van der Waals surface area contributed by atoms with Crippen LogP contribution in [-0.2, 0) is 16.0 Å². The van der Waals surface area contributed by atoms with Crippen molar-refractivity contribution in [2.45, 2.75) is 6.42 Å². The first-order valence-electron chi connectivity index (χ1n) is 5.71. The van der Waals surface area contributed by atoms with Crippen LogP contribution < -0.4 is 5.32 Å². The van der Waals surface area contributed by atoms with Crippen LogP contribution >= 0.6 is 0 Å². The molecule has 0 aliphatic heterocycles. The summed E-state index contributed by atoms with van der Waals surface area (Å²) in [6, 6.07) is -0.445. The largest absolute Gasteiger partial charge is 0.480 e. The van der Waals surface area contributed by atoms with Gasteiger partial charge in [-0.25, -0.2) is 9.78 Å². The number of carbonyl (C=O) groups is 2. The molecule has 0 atom stereocenters. The summed E-state index contributed by atoms with van der Waals surface area (Å²) in [5.41, 5.74) is 0. The summed E-state index contributed by atoms with van der Waals surface area (Å²) < 4.78 is 4.83. The van der Waals surface area contributed by atoms with Crippen LogP contribution in [0.4, 0.5) is 4.79 Å². The van der Waals surface area contributed by atoms with Gasteiger partial charge in [-0.3, -0.25) is 9.89 Å². The summed E-state index contributed by atoms with van der Waals surface area (Å²) in [6.45, 7) is 0.481. The fraction of sp³-hybridized carbons (Fsp3) is 0.600. The lowest BCUT2D eigenvalue weighted by molar-refractivity contribution is -0.137. The van der Waals surface area contributed by atoms with Crippen LogP contribution in [0.1, 0.15) is 5.82 Å². The Morgan fingerprint density at radius 2 is 2.37 bits per heavy atom. The van der Waals surface area contributed by atoms with E-state index in [2.05, 4.69) is 20.5 Å². The summed E-state index contributed by atoms with van der Waals surface area (Å²) in [5.74, 6) is -0.413. The first-order chi connectivity index (χ1) is 9.13. The zero-order chi connectivity index (χ0) is 14.1. The molecule has 0 saturated carbocycles. The maximum Gasteiger partial charge on any atom is 0.323 e. The van der Waals surface area contributed by atoms with Crippen molar-refractivity contribution in [2.75, 3.05) is 33.4 Å². The van der Waals surface area contributed by atoms with E-state index < -0.39 is 12.0 Å². The van der Waals surface area contributed by atoms with Gasteiger partial charge in [-0.2, -0.15) is 5.10 Å². The SMILES string of the molecule is COCCN(CC(=O)O)C(=O)NCCc1ncn[nH]1. The highest BCUT2D eigenvalue weighted by Gasteiger charge is 2.15. The number of nitrogens with one attached hydrogen (secondary N) is 2. The van der Waals surface area contributed by atoms with E-state index in [0.717, 1.165) is 0 Å². The van der Waals surface area contributed by atoms with Gasteiger partial charge in [0.15, 0.2) is 0 Å². The molecule has 0 spiro atoms. The van der Waals surface area contributed by atoms with Crippen LogP contribution in [-0.4, -0.2) is 70.5 Å². The Balaban J connectivity index is 2.35. The molecule has 9 nitrogen and oxygen atoms in total. The van der Waals surface area contributed by atoms with E-state index in [0.29, 0.717) is 18.8 Å². The number of carboxylic acid groups (broad SMARTS) is 1. The first-order valence-corrected chi connectivity index (χ1v) is 5.71. The van der Waals surface area contributed by atoms with Gasteiger partial charge < -0.3 is 20.1 Å². The van der Waals surface area contributed by atoms with Gasteiger partial charge in [0.2, 0.25) is 0 Å². The molecule has 2 amide bonds. The summed E-state index contributed by atoms with van der Waals surface area (Å²) in [4.78, 5) is 27.5. The molecule has 1 heterocycles. The standard InChI is InChI=1S/C10H17N5O4/c1-19-5-4-15(6-9(16)17)10(18)11-3-2-8-12-7-13-14-8/h7H,2-6H2,1H3,(H,11,18)(H,16,17)(H,12,13,14). The number of carboxylic acids is 1. The van der Waals surface area contributed by atoms with Crippen molar-refractivity contribution in [2.24, 2.45) is 0 Å². The fourth-order valence-corrected chi connectivity index (χ4v) is 1.37. The lowest BCUT2D eigenvalue weighted by Crippen LogP contribution is -2.44. The van der Waals surface area contributed by atoms with Gasteiger partial charge in [0, 0.05) is 26.6 Å². The highest BCUT2D eigenvalue weighted by molar-refractivity contribution is 5.80. The Kier molecular flexibility index (Phi) is 6.30. The number of amides is 2. The topological polar surface area (TPSA) is 120 Å². The maximum absolute atomic E-state index is 11.8. The Labute approximate surface area is 110 Å². The van der Waals surface area contributed by atoms with Gasteiger partial charge in [-0.1, -0.05) is 0 Å². The van der Waals surface area contributed by atoms with Crippen molar-refractivity contribution in [1.29, 1.82) is 0 Å². The monoisotopic (exact) mass is 271 g/mol. The lowest BCUT2D eigenvalue weighted by atomic mass is 10.4. The number of hydrogen-bond donors (Lipinski definition) is 3. The van der Waals surface area contributed by atoms with E-state index in [9.17, 15) is 9.59 Å². The van der Waals surface area contributed by atoms with Crippen molar-refractivity contribution >= 4 is 12.0 Å². The van der Waals surface area contributed by atoms with Crippen LogP contribution in [0.5, 0.6) is 0 Å². The second-order valence-corrected chi connectivity index (χ2v) is 3.72. The molecule has 1 rings (SSSR count). The minimum absolute atomic E-state index is 0.219. The molecule has 106 valence electrons. The molecular weight excluding hydrogens is 254 g/mol. The van der Waals surface area contributed by atoms with E-state index in [1.165, 1.54) is 18.3 Å². The predicted octanol–water partition coefficient (Wildman–Crippen LogP) is -0.910. The number of aromatic amines is 1. The number of ether oxygens (including phenoxy) is 1. The summed E-state index contributed by atoms with van der Waals surface area (Å²) in [7, 11) is 1.49. The van der Waals surface area contributed by atoms with Gasteiger partial charge in [-0.05, 0) is 0 Å². The second-order valence-electron chi connectivity index (χ2n) is 3.72. The van der Waals surface area contributed by atoms with Gasteiger partial charge >= 0.3 is 12.0 Å². The number of urea groups is 1. The summed E-state index contributed by atoms with van der Waals surface area (Å²) in [6.07, 6.45) is 1.88. The Hall–Kier alpha value is -2.16. The summed E-state index contributed by atoms with van der Waals surface area (Å²) in [5, 5.41) is 17.7. The third kappa shape index (κ3) is 5.82. The van der Waals surface area contributed by atoms with Gasteiger partial charge in [0.05, 0.1) is 6.61 Å². The quantitative estimate of drug-likeness (QED) is 0.563. The number of aliphatic carboxylic acids is 1. The highest BCUT2D eigenvalue weighted by atomic mass is 16.5. The molecule has 3 N–H and O–H groups in total. The number of aromatic nitrogens is 3. The van der Waals surface area contributed by atoms with Gasteiger partial charge in [-0.15, -0.1) is 0 Å². The number of rotatable bonds is 8. The van der Waals surface area contributed by atoms with E-state index in [-0.39, 0.29) is 19.7 Å². The van der Waals surface area contributed by atoms with E-state index >= 15 is 0 Å². The van der Waals surface area contributed by atoms with E-state index in [1.54, 1.807) is 0 Å². The number of hydrogen-bond acceptors (Lipinski definition) is 5. The van der Waals surface area contributed by atoms with Crippen LogP contribution in [0, 0.1) is 0 Å². The minimum Gasteiger partial charge on any atom is -0.480 e. The van der Waals surface area contributed by atoms with E-state index in [1.807, 2.05) is 0 Å². The lowest BCUT2D eigenvalue weighted by Gasteiger charge is -2.20. The average Bonchev–Trinajstić information content (AvgIpc) is 2.87. The third-order valence-electron chi connectivity index (χ3n) is 2.28. The molecule has 0 fully saturated rings. The molecular formula is C10H17N5O4. The Morgan fingerprint density at radius 3 is 2.95 bits per heavy atom. The minimum atomic E-state index is -1.07. The Morgan fingerprint density at radius 1 is 1.58 bits per heavy atom. The van der Waals surface area contributed by atoms with Crippen LogP contribution in [0.3, 0.4) is 0 Å². The molecule has 1 aromatic heterocycles. The van der Waals surface area contributed by atoms with E-state index in [4.69, 9.17) is 9.84 Å². The molecule has 0 radical (unpaired) electrons. The molecule has 0 saturated heterocycles. The smallest absolute Gasteiger partial charge is 0.323 e. The van der Waals surface area contributed by atoms with Crippen molar-refractivity contribution in [3.63, 3.8) is 0 Å². The molecule has 19 heavy (non-hydrogen) atoms. The Bertz CT molecular complexity index is 395. The zero-order valence-corrected chi connectivity index (χ0v) is 10.6. The molecule has 1 aromatic rings. The third-order valence-corrected chi connectivity index (χ3v) is 2.28. The predicted molar refractivity (Wildman–Crippen MR) is 64.6 cm³/mol. The first kappa shape index (κ1) is 14.9. The number of nitrogens with zero attached hydrogens (tertiary/aromatic N) is 3. The average molecular weight is 271 g/mol. The van der Waals surface area contributed by atoms with Crippen LogP contribution in [0.25, 0.3) is 0 Å². The number of methoxy groups -OCH3 is 1. The summed E-state index contributed by atoms with van der Waals surface area (Å²) >= 11 is 0.